The molecule has 0 spiro atoms. The number of aliphatic imine (C=N–C) groups is 1. The van der Waals surface area contributed by atoms with Gasteiger partial charge in [-0.25, -0.2) is 4.39 Å². The highest BCUT2D eigenvalue weighted by Crippen LogP contribution is 2.41. The number of guanidine groups is 1. The molecule has 0 bridgehead atoms. The van der Waals surface area contributed by atoms with Gasteiger partial charge < -0.3 is 19.7 Å². The van der Waals surface area contributed by atoms with Crippen molar-refractivity contribution >= 4 is 29.9 Å². The summed E-state index contributed by atoms with van der Waals surface area (Å²) in [5, 5.41) is 3.51. The average molecular weight is 475 g/mol. The predicted octanol–water partition coefficient (Wildman–Crippen LogP) is 2.75. The zero-order valence-electron chi connectivity index (χ0n) is 15.1. The van der Waals surface area contributed by atoms with Crippen LogP contribution in [0.15, 0.2) is 29.3 Å². The van der Waals surface area contributed by atoms with Gasteiger partial charge in [-0.05, 0) is 30.9 Å². The van der Waals surface area contributed by atoms with Crippen molar-refractivity contribution in [2.75, 3.05) is 33.4 Å². The van der Waals surface area contributed by atoms with Crippen LogP contribution >= 0.6 is 24.0 Å². The Morgan fingerprint density at radius 3 is 2.77 bits per heavy atom. The van der Waals surface area contributed by atoms with Crippen molar-refractivity contribution in [1.82, 2.24) is 10.2 Å². The fraction of sp³-hybridized carbons (Fsp3) is 0.632. The minimum atomic E-state index is -0.114. The Morgan fingerprint density at radius 1 is 1.23 bits per heavy atom. The number of hydrogen-bond donors (Lipinski definition) is 1. The lowest BCUT2D eigenvalue weighted by atomic mass is 10.1. The molecule has 0 radical (unpaired) electrons. The molecular weight excluding hydrogens is 448 g/mol. The molecule has 2 heterocycles. The van der Waals surface area contributed by atoms with E-state index in [1.807, 2.05) is 12.1 Å². The van der Waals surface area contributed by atoms with Crippen LogP contribution in [0.3, 0.4) is 0 Å². The van der Waals surface area contributed by atoms with Gasteiger partial charge in [-0.2, -0.15) is 0 Å². The van der Waals surface area contributed by atoms with E-state index < -0.39 is 0 Å². The maximum absolute atomic E-state index is 14.0. The van der Waals surface area contributed by atoms with Crippen LogP contribution in [0.25, 0.3) is 0 Å². The summed E-state index contributed by atoms with van der Waals surface area (Å²) < 4.78 is 25.6. The number of nitrogens with zero attached hydrogens (tertiary/aromatic N) is 2. The van der Waals surface area contributed by atoms with Crippen LogP contribution in [0, 0.1) is 5.82 Å². The van der Waals surface area contributed by atoms with Gasteiger partial charge in [-0.1, -0.05) is 18.2 Å². The van der Waals surface area contributed by atoms with E-state index in [1.165, 1.54) is 6.07 Å². The quantitative estimate of drug-likeness (QED) is 0.415. The van der Waals surface area contributed by atoms with Gasteiger partial charge in [-0.15, -0.1) is 24.0 Å². The second-order valence-electron chi connectivity index (χ2n) is 7.07. The van der Waals surface area contributed by atoms with Crippen molar-refractivity contribution in [3.8, 4) is 0 Å². The van der Waals surface area contributed by atoms with Gasteiger partial charge in [0.05, 0.1) is 12.7 Å². The average Bonchev–Trinajstić information content (AvgIpc) is 3.17. The summed E-state index contributed by atoms with van der Waals surface area (Å²) in [6.07, 6.45) is 3.44. The van der Waals surface area contributed by atoms with E-state index in [9.17, 15) is 4.39 Å². The number of halogens is 2. The molecule has 0 aromatic heterocycles. The van der Waals surface area contributed by atoms with E-state index in [1.54, 1.807) is 13.1 Å². The smallest absolute Gasteiger partial charge is 0.194 e. The number of hydrogen-bond acceptors (Lipinski definition) is 3. The number of nitrogens with one attached hydrogen (secondary N) is 1. The number of rotatable bonds is 3. The Kier molecular flexibility index (Phi) is 6.74. The maximum Gasteiger partial charge on any atom is 0.194 e. The SMILES string of the molecule is CN=C(NC1CC1c1ccccc1F)N1CCOC(C2CCCO2)C1.I. The highest BCUT2D eigenvalue weighted by Gasteiger charge is 2.41. The van der Waals surface area contributed by atoms with E-state index in [0.717, 1.165) is 50.5 Å². The van der Waals surface area contributed by atoms with Crippen LogP contribution in [0.5, 0.6) is 0 Å². The molecule has 26 heavy (non-hydrogen) atoms. The number of ether oxygens (including phenoxy) is 2. The molecule has 2 saturated heterocycles. The lowest BCUT2D eigenvalue weighted by molar-refractivity contribution is -0.0817. The van der Waals surface area contributed by atoms with Crippen molar-refractivity contribution in [2.45, 2.75) is 43.4 Å². The first-order valence-corrected chi connectivity index (χ1v) is 9.22. The lowest BCUT2D eigenvalue weighted by Crippen LogP contribution is -2.53. The maximum atomic E-state index is 14.0. The molecule has 1 N–H and O–H groups in total. The minimum Gasteiger partial charge on any atom is -0.375 e. The third-order valence-electron chi connectivity index (χ3n) is 5.39. The molecule has 1 saturated carbocycles. The van der Waals surface area contributed by atoms with Crippen molar-refractivity contribution < 1.29 is 13.9 Å². The third kappa shape index (κ3) is 4.31. The van der Waals surface area contributed by atoms with E-state index in [-0.39, 0.29) is 54.0 Å². The van der Waals surface area contributed by atoms with Crippen molar-refractivity contribution in [2.24, 2.45) is 4.99 Å². The number of morpholine rings is 1. The molecule has 3 fully saturated rings. The lowest BCUT2D eigenvalue weighted by Gasteiger charge is -2.37. The van der Waals surface area contributed by atoms with Gasteiger partial charge >= 0.3 is 0 Å². The van der Waals surface area contributed by atoms with Crippen molar-refractivity contribution in [3.05, 3.63) is 35.6 Å². The Morgan fingerprint density at radius 2 is 2.04 bits per heavy atom. The molecule has 5 nitrogen and oxygen atoms in total. The minimum absolute atomic E-state index is 0. The largest absolute Gasteiger partial charge is 0.375 e. The third-order valence-corrected chi connectivity index (χ3v) is 5.39. The van der Waals surface area contributed by atoms with Crippen LogP contribution in [-0.2, 0) is 9.47 Å². The van der Waals surface area contributed by atoms with Crippen LogP contribution < -0.4 is 5.32 Å². The molecule has 1 aromatic carbocycles. The van der Waals surface area contributed by atoms with Gasteiger partial charge in [0.25, 0.3) is 0 Å². The fourth-order valence-electron chi connectivity index (χ4n) is 3.93. The summed E-state index contributed by atoms with van der Waals surface area (Å²) in [6, 6.07) is 7.30. The molecule has 4 unspecified atom stereocenters. The van der Waals surface area contributed by atoms with E-state index in [0.29, 0.717) is 6.61 Å². The van der Waals surface area contributed by atoms with Crippen molar-refractivity contribution in [3.63, 3.8) is 0 Å². The molecule has 1 aliphatic carbocycles. The molecule has 144 valence electrons. The zero-order chi connectivity index (χ0) is 17.2. The van der Waals surface area contributed by atoms with Gasteiger partial charge in [-0.3, -0.25) is 4.99 Å². The second kappa shape index (κ2) is 8.84. The first-order chi connectivity index (χ1) is 12.3. The Hall–Kier alpha value is -0.930. The fourth-order valence-corrected chi connectivity index (χ4v) is 3.93. The van der Waals surface area contributed by atoms with Crippen LogP contribution in [0.1, 0.15) is 30.7 Å². The summed E-state index contributed by atoms with van der Waals surface area (Å²) in [5.74, 6) is 1.000. The van der Waals surface area contributed by atoms with Gasteiger partial charge in [0.2, 0.25) is 0 Å². The molecule has 2 aliphatic heterocycles. The molecule has 0 amide bonds. The van der Waals surface area contributed by atoms with E-state index in [4.69, 9.17) is 9.47 Å². The standard InChI is InChI=1S/C19H26FN3O2.HI/c1-21-19(22-16-11-14(16)13-5-2-3-6-15(13)20)23-8-10-25-18(12-23)17-7-4-9-24-17;/h2-3,5-6,14,16-18H,4,7-12H2,1H3,(H,21,22);1H. The number of benzene rings is 1. The van der Waals surface area contributed by atoms with Crippen LogP contribution in [-0.4, -0.2) is 62.5 Å². The highest BCUT2D eigenvalue weighted by atomic mass is 127. The first kappa shape index (κ1) is 19.8. The van der Waals surface area contributed by atoms with Crippen LogP contribution in [0.4, 0.5) is 4.39 Å². The summed E-state index contributed by atoms with van der Waals surface area (Å²) in [5.41, 5.74) is 0.801. The summed E-state index contributed by atoms with van der Waals surface area (Å²) >= 11 is 0. The Bertz CT molecular complexity index is 639. The topological polar surface area (TPSA) is 46.1 Å². The molecule has 4 atom stereocenters. The Labute approximate surface area is 171 Å². The van der Waals surface area contributed by atoms with Gasteiger partial charge in [0.1, 0.15) is 11.9 Å². The van der Waals surface area contributed by atoms with Crippen molar-refractivity contribution in [1.29, 1.82) is 0 Å². The second-order valence-corrected chi connectivity index (χ2v) is 7.07. The molecular formula is C19H27FIN3O2. The van der Waals surface area contributed by atoms with E-state index >= 15 is 0 Å². The monoisotopic (exact) mass is 475 g/mol. The van der Waals surface area contributed by atoms with E-state index in [2.05, 4.69) is 15.2 Å². The highest BCUT2D eigenvalue weighted by molar-refractivity contribution is 14.0. The van der Waals surface area contributed by atoms with Gasteiger partial charge in [0.15, 0.2) is 5.96 Å². The normalized spacial score (nSPS) is 31.5. The molecule has 4 rings (SSSR count). The molecule has 1 aromatic rings. The molecule has 7 heteroatoms. The van der Waals surface area contributed by atoms with Gasteiger partial charge in [0, 0.05) is 38.7 Å². The molecule has 3 aliphatic rings. The first-order valence-electron chi connectivity index (χ1n) is 9.22. The summed E-state index contributed by atoms with van der Waals surface area (Å²) in [4.78, 5) is 6.69. The van der Waals surface area contributed by atoms with Crippen LogP contribution in [0.2, 0.25) is 0 Å². The summed E-state index contributed by atoms with van der Waals surface area (Å²) in [7, 11) is 1.80. The predicted molar refractivity (Wildman–Crippen MR) is 110 cm³/mol. The Balaban J connectivity index is 0.00000196. The zero-order valence-corrected chi connectivity index (χ0v) is 17.4. The summed E-state index contributed by atoms with van der Waals surface area (Å²) in [6.45, 7) is 3.14.